The average molecular weight is 341 g/mol. The summed E-state index contributed by atoms with van der Waals surface area (Å²) in [5.41, 5.74) is 0.561. The van der Waals surface area contributed by atoms with Crippen molar-refractivity contribution in [3.63, 3.8) is 0 Å². The zero-order valence-corrected chi connectivity index (χ0v) is 13.4. The van der Waals surface area contributed by atoms with Crippen LogP contribution < -0.4 is 5.32 Å². The third-order valence-corrected chi connectivity index (χ3v) is 4.15. The number of aromatic nitrogens is 1. The first-order chi connectivity index (χ1) is 9.66. The molecular formula is C15H21BrN2O2. The lowest BCUT2D eigenvalue weighted by Gasteiger charge is -2.28. The second-order valence-corrected chi connectivity index (χ2v) is 6.23. The summed E-state index contributed by atoms with van der Waals surface area (Å²) in [7, 11) is 0. The Morgan fingerprint density at radius 1 is 1.45 bits per heavy atom. The van der Waals surface area contributed by atoms with Crippen LogP contribution >= 0.6 is 15.9 Å². The van der Waals surface area contributed by atoms with E-state index in [1.807, 2.05) is 0 Å². The molecule has 0 radical (unpaired) electrons. The Hall–Kier alpha value is -0.940. The van der Waals surface area contributed by atoms with Gasteiger partial charge in [0.05, 0.1) is 18.3 Å². The van der Waals surface area contributed by atoms with E-state index >= 15 is 0 Å². The summed E-state index contributed by atoms with van der Waals surface area (Å²) < 4.78 is 6.67. The molecule has 0 aromatic carbocycles. The van der Waals surface area contributed by atoms with Crippen LogP contribution in [0, 0.1) is 5.92 Å². The van der Waals surface area contributed by atoms with Crippen molar-refractivity contribution in [2.75, 3.05) is 13.2 Å². The summed E-state index contributed by atoms with van der Waals surface area (Å²) in [5.74, 6) is 0.521. The number of pyridine rings is 1. The average Bonchev–Trinajstić information content (AvgIpc) is 2.45. The summed E-state index contributed by atoms with van der Waals surface area (Å²) in [4.78, 5) is 15.9. The van der Waals surface area contributed by atoms with Gasteiger partial charge in [0.1, 0.15) is 0 Å². The van der Waals surface area contributed by atoms with Crippen LogP contribution in [0.2, 0.25) is 0 Å². The Morgan fingerprint density at radius 2 is 2.25 bits per heavy atom. The molecular weight excluding hydrogens is 320 g/mol. The van der Waals surface area contributed by atoms with Gasteiger partial charge in [-0.1, -0.05) is 19.8 Å². The molecule has 20 heavy (non-hydrogen) atoms. The number of hydrogen-bond acceptors (Lipinski definition) is 3. The summed E-state index contributed by atoms with van der Waals surface area (Å²) in [5, 5.41) is 2.86. The maximum atomic E-state index is 11.9. The molecule has 0 bridgehead atoms. The molecule has 2 rings (SSSR count). The first kappa shape index (κ1) is 15.4. The lowest BCUT2D eigenvalue weighted by atomic mass is 9.88. The molecule has 1 aromatic rings. The van der Waals surface area contributed by atoms with Crippen LogP contribution in [0.25, 0.3) is 0 Å². The molecule has 4 nitrogen and oxygen atoms in total. The van der Waals surface area contributed by atoms with Crippen LogP contribution in [0.3, 0.4) is 0 Å². The monoisotopic (exact) mass is 340 g/mol. The summed E-state index contributed by atoms with van der Waals surface area (Å²) in [6.07, 6.45) is 8.53. The molecule has 1 amide bonds. The van der Waals surface area contributed by atoms with Crippen molar-refractivity contribution >= 4 is 21.8 Å². The first-order valence-electron chi connectivity index (χ1n) is 7.17. The molecule has 0 aliphatic heterocycles. The van der Waals surface area contributed by atoms with Gasteiger partial charge in [-0.05, 0) is 40.8 Å². The van der Waals surface area contributed by atoms with E-state index in [4.69, 9.17) is 4.74 Å². The Balaban J connectivity index is 1.69. The Kier molecular flexibility index (Phi) is 5.98. The van der Waals surface area contributed by atoms with Crippen molar-refractivity contribution < 1.29 is 9.53 Å². The van der Waals surface area contributed by atoms with E-state index < -0.39 is 0 Å². The molecule has 2 atom stereocenters. The summed E-state index contributed by atoms with van der Waals surface area (Å²) >= 11 is 3.30. The largest absolute Gasteiger partial charge is 0.376 e. The standard InChI is InChI=1S/C15H21BrN2O2/c1-11-4-2-3-5-14(11)20-7-6-18-15(19)12-8-13(16)10-17-9-12/h8-11,14H,2-7H2,1H3,(H,18,19)/t11-,14+/m1/s1. The van der Waals surface area contributed by atoms with Crippen LogP contribution in [0.1, 0.15) is 43.0 Å². The summed E-state index contributed by atoms with van der Waals surface area (Å²) in [6.45, 7) is 3.35. The number of amides is 1. The third kappa shape index (κ3) is 4.56. The quantitative estimate of drug-likeness (QED) is 0.837. The smallest absolute Gasteiger partial charge is 0.252 e. The molecule has 1 aliphatic rings. The van der Waals surface area contributed by atoms with E-state index in [-0.39, 0.29) is 5.91 Å². The van der Waals surface area contributed by atoms with Crippen molar-refractivity contribution in [3.05, 3.63) is 28.5 Å². The van der Waals surface area contributed by atoms with Gasteiger partial charge in [0.15, 0.2) is 0 Å². The molecule has 0 saturated heterocycles. The molecule has 110 valence electrons. The Labute approximate surface area is 128 Å². The Morgan fingerprint density at radius 3 is 3.00 bits per heavy atom. The molecule has 1 saturated carbocycles. The number of nitrogens with zero attached hydrogens (tertiary/aromatic N) is 1. The van der Waals surface area contributed by atoms with Gasteiger partial charge in [-0.25, -0.2) is 0 Å². The van der Waals surface area contributed by atoms with Crippen LogP contribution in [0.5, 0.6) is 0 Å². The minimum Gasteiger partial charge on any atom is -0.376 e. The maximum Gasteiger partial charge on any atom is 0.252 e. The van der Waals surface area contributed by atoms with Gasteiger partial charge in [0.25, 0.3) is 5.91 Å². The van der Waals surface area contributed by atoms with Crippen molar-refractivity contribution in [3.8, 4) is 0 Å². The van der Waals surface area contributed by atoms with Gasteiger partial charge in [-0.2, -0.15) is 0 Å². The molecule has 1 aliphatic carbocycles. The molecule has 0 spiro atoms. The number of carbonyl (C=O) groups is 1. The van der Waals surface area contributed by atoms with Crippen LogP contribution in [-0.4, -0.2) is 30.1 Å². The molecule has 1 fully saturated rings. The predicted molar refractivity (Wildman–Crippen MR) is 81.6 cm³/mol. The number of halogens is 1. The van der Waals surface area contributed by atoms with Crippen molar-refractivity contribution in [1.29, 1.82) is 0 Å². The zero-order chi connectivity index (χ0) is 14.4. The summed E-state index contributed by atoms with van der Waals surface area (Å²) in [6, 6.07) is 1.76. The van der Waals surface area contributed by atoms with Crippen molar-refractivity contribution in [1.82, 2.24) is 10.3 Å². The van der Waals surface area contributed by atoms with Gasteiger partial charge in [0.2, 0.25) is 0 Å². The minimum atomic E-state index is -0.112. The number of ether oxygens (including phenoxy) is 1. The first-order valence-corrected chi connectivity index (χ1v) is 7.96. The van der Waals surface area contributed by atoms with E-state index in [9.17, 15) is 4.79 Å². The van der Waals surface area contributed by atoms with E-state index in [2.05, 4.69) is 33.2 Å². The van der Waals surface area contributed by atoms with Crippen LogP contribution in [-0.2, 0) is 4.74 Å². The van der Waals surface area contributed by atoms with Crippen molar-refractivity contribution in [2.24, 2.45) is 5.92 Å². The fourth-order valence-corrected chi connectivity index (χ4v) is 2.91. The van der Waals surface area contributed by atoms with Gasteiger partial charge in [-0.3, -0.25) is 9.78 Å². The fraction of sp³-hybridized carbons (Fsp3) is 0.600. The highest BCUT2D eigenvalue weighted by Gasteiger charge is 2.21. The maximum absolute atomic E-state index is 11.9. The number of hydrogen-bond donors (Lipinski definition) is 1. The second kappa shape index (κ2) is 7.74. The number of nitrogens with one attached hydrogen (secondary N) is 1. The zero-order valence-electron chi connectivity index (χ0n) is 11.8. The molecule has 0 unspecified atom stereocenters. The van der Waals surface area contributed by atoms with Crippen LogP contribution in [0.15, 0.2) is 22.9 Å². The SMILES string of the molecule is C[C@@H]1CCCC[C@@H]1OCCNC(=O)c1cncc(Br)c1. The minimum absolute atomic E-state index is 0.112. The van der Waals surface area contributed by atoms with Gasteiger partial charge < -0.3 is 10.1 Å². The molecule has 5 heteroatoms. The predicted octanol–water partition coefficient (Wildman–Crippen LogP) is 3.17. The van der Waals surface area contributed by atoms with Gasteiger partial charge >= 0.3 is 0 Å². The number of carbonyl (C=O) groups excluding carboxylic acids is 1. The highest BCUT2D eigenvalue weighted by atomic mass is 79.9. The fourth-order valence-electron chi connectivity index (χ4n) is 2.54. The molecule has 1 N–H and O–H groups in total. The van der Waals surface area contributed by atoms with Gasteiger partial charge in [-0.15, -0.1) is 0 Å². The number of rotatable bonds is 5. The Bertz CT molecular complexity index is 453. The molecule has 1 aromatic heterocycles. The normalized spacial score (nSPS) is 22.5. The third-order valence-electron chi connectivity index (χ3n) is 3.72. The topological polar surface area (TPSA) is 51.2 Å². The van der Waals surface area contributed by atoms with E-state index in [1.54, 1.807) is 18.5 Å². The second-order valence-electron chi connectivity index (χ2n) is 5.32. The van der Waals surface area contributed by atoms with Crippen molar-refractivity contribution in [2.45, 2.75) is 38.7 Å². The lowest BCUT2D eigenvalue weighted by molar-refractivity contribution is -0.00294. The van der Waals surface area contributed by atoms with Crippen LogP contribution in [0.4, 0.5) is 0 Å². The van der Waals surface area contributed by atoms with Gasteiger partial charge in [0, 0.05) is 23.4 Å². The van der Waals surface area contributed by atoms with E-state index in [1.165, 1.54) is 19.3 Å². The van der Waals surface area contributed by atoms with E-state index in [0.717, 1.165) is 10.9 Å². The highest BCUT2D eigenvalue weighted by molar-refractivity contribution is 9.10. The highest BCUT2D eigenvalue weighted by Crippen LogP contribution is 2.25. The van der Waals surface area contributed by atoms with E-state index in [0.29, 0.717) is 30.7 Å². The lowest BCUT2D eigenvalue weighted by Crippen LogP contribution is -2.31. The molecule has 1 heterocycles.